The van der Waals surface area contributed by atoms with Crippen LogP contribution in [0.15, 0.2) is 34.9 Å². The number of carboxylic acid groups (broad SMARTS) is 1. The summed E-state index contributed by atoms with van der Waals surface area (Å²) in [5.41, 5.74) is -0.383. The zero-order valence-electron chi connectivity index (χ0n) is 10.2. The fourth-order valence-corrected chi connectivity index (χ4v) is 2.49. The lowest BCUT2D eigenvalue weighted by Gasteiger charge is -2.10. The Kier molecular flexibility index (Phi) is 4.54. The molecule has 0 aliphatic carbocycles. The van der Waals surface area contributed by atoms with E-state index >= 15 is 0 Å². The first-order valence-corrected chi connectivity index (χ1v) is 6.71. The van der Waals surface area contributed by atoms with Crippen LogP contribution in [-0.2, 0) is 0 Å². The van der Waals surface area contributed by atoms with Gasteiger partial charge in [0, 0.05) is 10.7 Å². The Balaban J connectivity index is 2.38. The SMILES string of the molecule is O=C(O)c1cccnc1C(=O)Nc1c(Cl)cc(F)cc1Br. The number of carbonyl (C=O) groups is 2. The molecule has 108 valence electrons. The largest absolute Gasteiger partial charge is 0.478 e. The molecule has 1 amide bonds. The van der Waals surface area contributed by atoms with Crippen molar-refractivity contribution in [3.63, 3.8) is 0 Å². The monoisotopic (exact) mass is 372 g/mol. The van der Waals surface area contributed by atoms with Gasteiger partial charge in [-0.25, -0.2) is 9.18 Å². The van der Waals surface area contributed by atoms with Crippen molar-refractivity contribution in [2.24, 2.45) is 0 Å². The highest BCUT2D eigenvalue weighted by atomic mass is 79.9. The zero-order chi connectivity index (χ0) is 15.6. The van der Waals surface area contributed by atoms with E-state index in [2.05, 4.69) is 26.2 Å². The average molecular weight is 374 g/mol. The minimum absolute atomic E-state index is 0.0250. The highest BCUT2D eigenvalue weighted by Gasteiger charge is 2.19. The van der Waals surface area contributed by atoms with Crippen molar-refractivity contribution >= 4 is 45.1 Å². The van der Waals surface area contributed by atoms with E-state index in [0.717, 1.165) is 12.1 Å². The molecule has 21 heavy (non-hydrogen) atoms. The van der Waals surface area contributed by atoms with E-state index in [4.69, 9.17) is 16.7 Å². The number of benzene rings is 1. The van der Waals surface area contributed by atoms with Crippen LogP contribution in [0.5, 0.6) is 0 Å². The molecular formula is C13H7BrClFN2O3. The third-order valence-electron chi connectivity index (χ3n) is 2.50. The summed E-state index contributed by atoms with van der Waals surface area (Å²) in [6.45, 7) is 0. The van der Waals surface area contributed by atoms with E-state index in [9.17, 15) is 14.0 Å². The van der Waals surface area contributed by atoms with Crippen LogP contribution in [0.2, 0.25) is 5.02 Å². The second-order valence-electron chi connectivity index (χ2n) is 3.90. The van der Waals surface area contributed by atoms with Gasteiger partial charge in [-0.3, -0.25) is 9.78 Å². The van der Waals surface area contributed by atoms with Gasteiger partial charge in [-0.15, -0.1) is 0 Å². The minimum Gasteiger partial charge on any atom is -0.478 e. The summed E-state index contributed by atoms with van der Waals surface area (Å²) in [6.07, 6.45) is 1.29. The number of aromatic nitrogens is 1. The smallest absolute Gasteiger partial charge is 0.338 e. The van der Waals surface area contributed by atoms with Crippen molar-refractivity contribution in [1.82, 2.24) is 4.98 Å². The maximum atomic E-state index is 13.1. The number of aromatic carboxylic acids is 1. The lowest BCUT2D eigenvalue weighted by molar-refractivity contribution is 0.0691. The predicted octanol–water partition coefficient (Wildman–Crippen LogP) is 3.59. The number of pyridine rings is 1. The van der Waals surface area contributed by atoms with Crippen LogP contribution in [0.1, 0.15) is 20.8 Å². The summed E-state index contributed by atoms with van der Waals surface area (Å²) in [5, 5.41) is 11.4. The molecule has 0 spiro atoms. The van der Waals surface area contributed by atoms with Crippen molar-refractivity contribution in [2.75, 3.05) is 5.32 Å². The Morgan fingerprint density at radius 2 is 2.10 bits per heavy atom. The van der Waals surface area contributed by atoms with Crippen LogP contribution >= 0.6 is 27.5 Å². The van der Waals surface area contributed by atoms with Gasteiger partial charge in [0.05, 0.1) is 16.3 Å². The third kappa shape index (κ3) is 3.37. The van der Waals surface area contributed by atoms with E-state index in [1.807, 2.05) is 0 Å². The highest BCUT2D eigenvalue weighted by Crippen LogP contribution is 2.32. The van der Waals surface area contributed by atoms with Gasteiger partial charge in [0.2, 0.25) is 0 Å². The number of rotatable bonds is 3. The normalized spacial score (nSPS) is 10.2. The number of carboxylic acids is 1. The topological polar surface area (TPSA) is 79.3 Å². The van der Waals surface area contributed by atoms with E-state index in [1.165, 1.54) is 18.3 Å². The molecule has 2 N–H and O–H groups in total. The highest BCUT2D eigenvalue weighted by molar-refractivity contribution is 9.10. The number of amides is 1. The fourth-order valence-electron chi connectivity index (χ4n) is 1.59. The lowest BCUT2D eigenvalue weighted by atomic mass is 10.2. The van der Waals surface area contributed by atoms with Gasteiger partial charge in [-0.05, 0) is 40.2 Å². The Morgan fingerprint density at radius 1 is 1.38 bits per heavy atom. The van der Waals surface area contributed by atoms with E-state index < -0.39 is 17.7 Å². The van der Waals surface area contributed by atoms with Crippen LogP contribution in [-0.4, -0.2) is 22.0 Å². The van der Waals surface area contributed by atoms with Crippen molar-refractivity contribution in [3.8, 4) is 0 Å². The molecule has 1 aromatic heterocycles. The molecule has 0 fully saturated rings. The number of carbonyl (C=O) groups excluding carboxylic acids is 1. The van der Waals surface area contributed by atoms with Crippen LogP contribution in [0.3, 0.4) is 0 Å². The van der Waals surface area contributed by atoms with Gasteiger partial charge in [-0.2, -0.15) is 0 Å². The molecule has 0 atom stereocenters. The fraction of sp³-hybridized carbons (Fsp3) is 0. The molecule has 5 nitrogen and oxygen atoms in total. The molecule has 0 saturated heterocycles. The molecule has 8 heteroatoms. The summed E-state index contributed by atoms with van der Waals surface area (Å²) in [6, 6.07) is 4.81. The quantitative estimate of drug-likeness (QED) is 0.862. The Hall–Kier alpha value is -1.99. The first-order valence-electron chi connectivity index (χ1n) is 5.54. The molecule has 1 heterocycles. The van der Waals surface area contributed by atoms with E-state index in [1.54, 1.807) is 0 Å². The van der Waals surface area contributed by atoms with E-state index in [-0.39, 0.29) is 26.4 Å². The first-order chi connectivity index (χ1) is 9.90. The Morgan fingerprint density at radius 3 is 2.71 bits per heavy atom. The van der Waals surface area contributed by atoms with Crippen LogP contribution in [0.4, 0.5) is 10.1 Å². The molecule has 0 saturated carbocycles. The van der Waals surface area contributed by atoms with Gasteiger partial charge in [0.15, 0.2) is 0 Å². The lowest BCUT2D eigenvalue weighted by Crippen LogP contribution is -2.18. The number of nitrogens with one attached hydrogen (secondary N) is 1. The second kappa shape index (κ2) is 6.19. The maximum absolute atomic E-state index is 13.1. The third-order valence-corrected chi connectivity index (χ3v) is 3.42. The van der Waals surface area contributed by atoms with Gasteiger partial charge in [0.1, 0.15) is 11.5 Å². The van der Waals surface area contributed by atoms with Gasteiger partial charge < -0.3 is 10.4 Å². The zero-order valence-corrected chi connectivity index (χ0v) is 12.6. The standard InChI is InChI=1S/C13H7BrClFN2O3/c14-8-4-6(16)5-9(15)11(8)18-12(19)10-7(13(20)21)2-1-3-17-10/h1-5H,(H,18,19)(H,20,21). The summed E-state index contributed by atoms with van der Waals surface area (Å²) in [4.78, 5) is 26.9. The van der Waals surface area contributed by atoms with Crippen molar-refractivity contribution in [2.45, 2.75) is 0 Å². The predicted molar refractivity (Wildman–Crippen MR) is 78.3 cm³/mol. The second-order valence-corrected chi connectivity index (χ2v) is 5.16. The van der Waals surface area contributed by atoms with Gasteiger partial charge in [-0.1, -0.05) is 11.6 Å². The van der Waals surface area contributed by atoms with Gasteiger partial charge >= 0.3 is 5.97 Å². The first kappa shape index (κ1) is 15.4. The summed E-state index contributed by atoms with van der Waals surface area (Å²) in [7, 11) is 0. The summed E-state index contributed by atoms with van der Waals surface area (Å²) >= 11 is 8.92. The number of halogens is 3. The van der Waals surface area contributed by atoms with Crippen molar-refractivity contribution in [3.05, 3.63) is 57.0 Å². The molecular weight excluding hydrogens is 367 g/mol. The van der Waals surface area contributed by atoms with E-state index in [0.29, 0.717) is 0 Å². The molecule has 1 aromatic carbocycles. The molecule has 0 aliphatic heterocycles. The summed E-state index contributed by atoms with van der Waals surface area (Å²) in [5.74, 6) is -2.62. The molecule has 2 rings (SSSR count). The minimum atomic E-state index is -1.28. The Labute approximate surface area is 131 Å². The molecule has 0 bridgehead atoms. The Bertz CT molecular complexity index is 716. The van der Waals surface area contributed by atoms with Crippen LogP contribution in [0, 0.1) is 5.82 Å². The number of nitrogens with zero attached hydrogens (tertiary/aromatic N) is 1. The molecule has 2 aromatic rings. The number of hydrogen-bond donors (Lipinski definition) is 2. The van der Waals surface area contributed by atoms with Crippen LogP contribution < -0.4 is 5.32 Å². The number of anilines is 1. The van der Waals surface area contributed by atoms with Crippen molar-refractivity contribution < 1.29 is 19.1 Å². The molecule has 0 unspecified atom stereocenters. The van der Waals surface area contributed by atoms with Crippen LogP contribution in [0.25, 0.3) is 0 Å². The van der Waals surface area contributed by atoms with Crippen molar-refractivity contribution in [1.29, 1.82) is 0 Å². The van der Waals surface area contributed by atoms with Gasteiger partial charge in [0.25, 0.3) is 5.91 Å². The average Bonchev–Trinajstić information content (AvgIpc) is 2.42. The molecule has 0 radical (unpaired) electrons. The molecule has 0 aliphatic rings. The summed E-state index contributed by atoms with van der Waals surface area (Å²) < 4.78 is 13.4. The number of hydrogen-bond acceptors (Lipinski definition) is 3. The maximum Gasteiger partial charge on any atom is 0.338 e.